The second kappa shape index (κ2) is 4.29. The lowest BCUT2D eigenvalue weighted by molar-refractivity contribution is 0.600. The van der Waals surface area contributed by atoms with E-state index in [0.717, 1.165) is 6.26 Å². The van der Waals surface area contributed by atoms with E-state index in [1.807, 2.05) is 0 Å². The Morgan fingerprint density at radius 3 is 2.76 bits per heavy atom. The van der Waals surface area contributed by atoms with E-state index < -0.39 is 9.84 Å². The molecule has 4 nitrogen and oxygen atoms in total. The second-order valence-electron chi connectivity index (χ2n) is 3.86. The van der Waals surface area contributed by atoms with Crippen molar-refractivity contribution in [2.75, 3.05) is 6.26 Å². The molecule has 0 radical (unpaired) electrons. The number of benzene rings is 1. The summed E-state index contributed by atoms with van der Waals surface area (Å²) in [6.45, 7) is 0. The molecule has 6 heteroatoms. The van der Waals surface area contributed by atoms with Gasteiger partial charge in [0.25, 0.3) is 0 Å². The monoisotopic (exact) mass is 254 g/mol. The molecule has 90 valence electrons. The van der Waals surface area contributed by atoms with Crippen molar-refractivity contribution in [3.05, 3.63) is 41.8 Å². The molecule has 1 N–H and O–H groups in total. The van der Waals surface area contributed by atoms with Crippen LogP contribution in [0.1, 0.15) is 5.69 Å². The number of aromatic nitrogens is 2. The fourth-order valence-electron chi connectivity index (χ4n) is 1.51. The maximum absolute atomic E-state index is 13.0. The Hall–Kier alpha value is -1.69. The topological polar surface area (TPSA) is 62.8 Å². The minimum absolute atomic E-state index is 0.102. The van der Waals surface area contributed by atoms with E-state index in [2.05, 4.69) is 10.2 Å². The van der Waals surface area contributed by atoms with E-state index >= 15 is 0 Å². The van der Waals surface area contributed by atoms with Gasteiger partial charge in [-0.3, -0.25) is 5.10 Å². The summed E-state index contributed by atoms with van der Waals surface area (Å²) in [5.74, 6) is -0.454. The van der Waals surface area contributed by atoms with Crippen LogP contribution in [0.2, 0.25) is 0 Å². The standard InChI is InChI=1S/C11H11FN2O2S/c1-17(15,16)7-10-6-11(14-13-10)8-3-2-4-9(12)5-8/h2-6H,7H2,1H3,(H,13,14). The van der Waals surface area contributed by atoms with Crippen LogP contribution in [0.4, 0.5) is 4.39 Å². The summed E-state index contributed by atoms with van der Waals surface area (Å²) in [6.07, 6.45) is 1.15. The zero-order chi connectivity index (χ0) is 12.5. The highest BCUT2D eigenvalue weighted by molar-refractivity contribution is 7.89. The third-order valence-electron chi connectivity index (χ3n) is 2.17. The summed E-state index contributed by atoms with van der Waals surface area (Å²) < 4.78 is 35.2. The largest absolute Gasteiger partial charge is 0.281 e. The predicted molar refractivity (Wildman–Crippen MR) is 62.5 cm³/mol. The van der Waals surface area contributed by atoms with Gasteiger partial charge in [0.05, 0.1) is 17.1 Å². The Balaban J connectivity index is 2.30. The van der Waals surface area contributed by atoms with Gasteiger partial charge in [-0.25, -0.2) is 12.8 Å². The molecule has 0 aliphatic carbocycles. The van der Waals surface area contributed by atoms with Crippen LogP contribution in [0.25, 0.3) is 11.3 Å². The minimum Gasteiger partial charge on any atom is -0.281 e. The summed E-state index contributed by atoms with van der Waals surface area (Å²) in [7, 11) is -3.10. The summed E-state index contributed by atoms with van der Waals surface area (Å²) in [5, 5.41) is 6.58. The van der Waals surface area contributed by atoms with Crippen molar-refractivity contribution in [2.24, 2.45) is 0 Å². The highest BCUT2D eigenvalue weighted by Gasteiger charge is 2.09. The van der Waals surface area contributed by atoms with E-state index in [0.29, 0.717) is 17.0 Å². The number of nitrogens with zero attached hydrogens (tertiary/aromatic N) is 1. The predicted octanol–water partition coefficient (Wildman–Crippen LogP) is 1.76. The first-order valence-electron chi connectivity index (χ1n) is 4.92. The molecule has 0 saturated carbocycles. The molecular formula is C11H11FN2O2S. The first kappa shape index (κ1) is 11.8. The van der Waals surface area contributed by atoms with Gasteiger partial charge < -0.3 is 0 Å². The third-order valence-corrected chi connectivity index (χ3v) is 3.00. The molecule has 0 spiro atoms. The zero-order valence-electron chi connectivity index (χ0n) is 9.14. The maximum Gasteiger partial charge on any atom is 0.153 e. The Bertz CT molecular complexity index is 634. The fraction of sp³-hybridized carbons (Fsp3) is 0.182. The fourth-order valence-corrected chi connectivity index (χ4v) is 2.23. The van der Waals surface area contributed by atoms with Crippen LogP contribution in [0.3, 0.4) is 0 Å². The van der Waals surface area contributed by atoms with Gasteiger partial charge in [0.15, 0.2) is 9.84 Å². The van der Waals surface area contributed by atoms with E-state index in [1.165, 1.54) is 12.1 Å². The van der Waals surface area contributed by atoms with E-state index in [-0.39, 0.29) is 11.6 Å². The van der Waals surface area contributed by atoms with E-state index in [9.17, 15) is 12.8 Å². The lowest BCUT2D eigenvalue weighted by Gasteiger charge is -1.95. The first-order valence-corrected chi connectivity index (χ1v) is 6.98. The van der Waals surface area contributed by atoms with Crippen molar-refractivity contribution in [1.82, 2.24) is 10.2 Å². The van der Waals surface area contributed by atoms with Gasteiger partial charge >= 0.3 is 0 Å². The number of halogens is 1. The molecular weight excluding hydrogens is 243 g/mol. The average Bonchev–Trinajstić information content (AvgIpc) is 2.63. The molecule has 2 aromatic rings. The molecule has 0 saturated heterocycles. The number of hydrogen-bond acceptors (Lipinski definition) is 3. The van der Waals surface area contributed by atoms with Crippen molar-refractivity contribution in [3.8, 4) is 11.3 Å². The van der Waals surface area contributed by atoms with Gasteiger partial charge in [-0.1, -0.05) is 12.1 Å². The normalized spacial score (nSPS) is 11.6. The maximum atomic E-state index is 13.0. The molecule has 17 heavy (non-hydrogen) atoms. The zero-order valence-corrected chi connectivity index (χ0v) is 9.96. The van der Waals surface area contributed by atoms with Gasteiger partial charge in [-0.2, -0.15) is 5.10 Å². The minimum atomic E-state index is -3.10. The molecule has 0 aliphatic rings. The second-order valence-corrected chi connectivity index (χ2v) is 6.00. The lowest BCUT2D eigenvalue weighted by Crippen LogP contribution is -2.00. The third kappa shape index (κ3) is 3.13. The quantitative estimate of drug-likeness (QED) is 0.907. The molecule has 0 fully saturated rings. The summed E-state index contributed by atoms with van der Waals surface area (Å²) in [4.78, 5) is 0. The molecule has 2 rings (SSSR count). The first-order chi connectivity index (χ1) is 7.94. The number of hydrogen-bond donors (Lipinski definition) is 1. The Morgan fingerprint density at radius 1 is 1.35 bits per heavy atom. The molecule has 0 aliphatic heterocycles. The molecule has 1 aromatic heterocycles. The smallest absolute Gasteiger partial charge is 0.153 e. The summed E-state index contributed by atoms with van der Waals surface area (Å²) >= 11 is 0. The number of rotatable bonds is 3. The van der Waals surface area contributed by atoms with Crippen LogP contribution in [-0.4, -0.2) is 24.9 Å². The molecule has 0 amide bonds. The summed E-state index contributed by atoms with van der Waals surface area (Å²) in [6, 6.07) is 7.59. The van der Waals surface area contributed by atoms with Crippen molar-refractivity contribution in [3.63, 3.8) is 0 Å². The van der Waals surface area contributed by atoms with Gasteiger partial charge in [0.1, 0.15) is 5.82 Å². The highest BCUT2D eigenvalue weighted by Crippen LogP contribution is 2.19. The number of nitrogens with one attached hydrogen (secondary N) is 1. The molecule has 1 heterocycles. The van der Waals surface area contributed by atoms with Gasteiger partial charge in [-0.15, -0.1) is 0 Å². The van der Waals surface area contributed by atoms with Crippen molar-refractivity contribution >= 4 is 9.84 Å². The molecule has 0 unspecified atom stereocenters. The van der Waals surface area contributed by atoms with Crippen LogP contribution in [0, 0.1) is 5.82 Å². The van der Waals surface area contributed by atoms with E-state index in [4.69, 9.17) is 0 Å². The lowest BCUT2D eigenvalue weighted by atomic mass is 10.1. The number of aromatic amines is 1. The van der Waals surface area contributed by atoms with Crippen LogP contribution in [-0.2, 0) is 15.6 Å². The number of sulfone groups is 1. The van der Waals surface area contributed by atoms with Gasteiger partial charge in [0.2, 0.25) is 0 Å². The summed E-state index contributed by atoms with van der Waals surface area (Å²) in [5.41, 5.74) is 1.64. The molecule has 1 aromatic carbocycles. The van der Waals surface area contributed by atoms with Crippen LogP contribution in [0.15, 0.2) is 30.3 Å². The number of H-pyrrole nitrogens is 1. The van der Waals surface area contributed by atoms with Gasteiger partial charge in [0, 0.05) is 11.8 Å². The highest BCUT2D eigenvalue weighted by atomic mass is 32.2. The van der Waals surface area contributed by atoms with Crippen LogP contribution >= 0.6 is 0 Å². The van der Waals surface area contributed by atoms with Crippen LogP contribution in [0.5, 0.6) is 0 Å². The Morgan fingerprint density at radius 2 is 2.12 bits per heavy atom. The van der Waals surface area contributed by atoms with Gasteiger partial charge in [-0.05, 0) is 18.2 Å². The van der Waals surface area contributed by atoms with Crippen molar-refractivity contribution < 1.29 is 12.8 Å². The average molecular weight is 254 g/mol. The SMILES string of the molecule is CS(=O)(=O)Cc1cc(-c2cccc(F)c2)n[nH]1. The Labute approximate surface area is 98.4 Å². The molecule has 0 bridgehead atoms. The Kier molecular flexibility index (Phi) is 2.97. The van der Waals surface area contributed by atoms with Crippen molar-refractivity contribution in [2.45, 2.75) is 5.75 Å². The van der Waals surface area contributed by atoms with Crippen LogP contribution < -0.4 is 0 Å². The van der Waals surface area contributed by atoms with E-state index in [1.54, 1.807) is 18.2 Å². The molecule has 0 atom stereocenters. The van der Waals surface area contributed by atoms with Crippen molar-refractivity contribution in [1.29, 1.82) is 0 Å².